The Morgan fingerprint density at radius 3 is 0.956 bits per heavy atom. The molecule has 0 fully saturated rings. The van der Waals surface area contributed by atoms with Gasteiger partial charge in [0.1, 0.15) is 0 Å². The predicted octanol–water partition coefficient (Wildman–Crippen LogP) is 4.48. The molecule has 0 saturated heterocycles. The molecule has 0 aliphatic carbocycles. The van der Waals surface area contributed by atoms with Gasteiger partial charge in [-0.05, 0) is 49.0 Å². The first-order valence-corrected chi connectivity index (χ1v) is 23.5. The van der Waals surface area contributed by atoms with Crippen LogP contribution in [0.4, 0.5) is 0 Å². The van der Waals surface area contributed by atoms with Crippen molar-refractivity contribution in [2.75, 3.05) is 0 Å². The van der Waals surface area contributed by atoms with Crippen LogP contribution in [-0.4, -0.2) is 45.0 Å². The molecule has 0 aromatic carbocycles. The van der Waals surface area contributed by atoms with E-state index in [1.54, 1.807) is 21.7 Å². The van der Waals surface area contributed by atoms with Crippen LogP contribution in [0.15, 0.2) is 23.3 Å². The molecule has 0 unspecified atom stereocenters. The van der Waals surface area contributed by atoms with E-state index < -0.39 is 23.9 Å². The molecule has 45 heavy (non-hydrogen) atoms. The summed E-state index contributed by atoms with van der Waals surface area (Å²) in [6, 6.07) is 0. The van der Waals surface area contributed by atoms with Crippen LogP contribution in [0, 0.1) is 0 Å². The number of hydrogen-bond donors (Lipinski definition) is 0. The van der Waals surface area contributed by atoms with Gasteiger partial charge in [-0.25, -0.2) is 0 Å². The Bertz CT molecular complexity index is 728. The second-order valence-electron chi connectivity index (χ2n) is 11.8. The molecule has 8 nitrogen and oxygen atoms in total. The first-order chi connectivity index (χ1) is 21.6. The summed E-state index contributed by atoms with van der Waals surface area (Å²) in [6.07, 6.45) is 25.9. The molecule has 0 aromatic heterocycles. The summed E-state index contributed by atoms with van der Waals surface area (Å²) in [5.74, 6) is -5.80. The van der Waals surface area contributed by atoms with Crippen LogP contribution >= 0.6 is 0 Å². The van der Waals surface area contributed by atoms with Crippen molar-refractivity contribution < 1.29 is 39.6 Å². The molecule has 0 aliphatic heterocycles. The van der Waals surface area contributed by atoms with E-state index in [9.17, 15) is 39.6 Å². The molecule has 4 radical (unpaired) electrons. The van der Waals surface area contributed by atoms with E-state index >= 15 is 0 Å². The SMILES string of the molecule is CCCCCCCC/C(=C/C(=O)[O-])C(=O)[O-].CCCCCCCC/C(=C/C(=O)[O-])C(=O)[O-].CCCCC[CH2][SnH2+4][CH2]CCCCC. The number of carbonyl (C=O) groups excluding carboxylic acids is 4. The minimum absolute atomic E-state index is 0.185. The third-order valence-electron chi connectivity index (χ3n) is 7.41. The Kier molecular flexibility index (Phi) is 40.5. The fourth-order valence-electron chi connectivity index (χ4n) is 4.68. The maximum atomic E-state index is 10.5. The van der Waals surface area contributed by atoms with Gasteiger partial charge in [0, 0.05) is 0 Å². The van der Waals surface area contributed by atoms with Gasteiger partial charge in [-0.2, -0.15) is 0 Å². The number of rotatable bonds is 28. The summed E-state index contributed by atoms with van der Waals surface area (Å²) in [4.78, 5) is 41.5. The van der Waals surface area contributed by atoms with Crippen LogP contribution in [0.2, 0.25) is 8.87 Å². The van der Waals surface area contributed by atoms with Crippen LogP contribution < -0.4 is 20.4 Å². The Labute approximate surface area is 284 Å². The Morgan fingerprint density at radius 1 is 0.422 bits per heavy atom. The molecule has 0 atom stereocenters. The second-order valence-corrected chi connectivity index (χ2v) is 17.8. The van der Waals surface area contributed by atoms with Crippen molar-refractivity contribution in [3.05, 3.63) is 23.3 Å². The van der Waals surface area contributed by atoms with Gasteiger partial charge in [0.15, 0.2) is 0 Å². The molecule has 0 rings (SSSR count). The van der Waals surface area contributed by atoms with Gasteiger partial charge in [0.25, 0.3) is 0 Å². The predicted molar refractivity (Wildman–Crippen MR) is 179 cm³/mol. The average Bonchev–Trinajstić information content (AvgIpc) is 2.98. The van der Waals surface area contributed by atoms with E-state index in [1.165, 1.54) is 51.4 Å². The quantitative estimate of drug-likeness (QED) is 0.0645. The third kappa shape index (κ3) is 42.2. The molecule has 0 amide bonds. The molecule has 0 bridgehead atoms. The first-order valence-electron chi connectivity index (χ1n) is 17.8. The summed E-state index contributed by atoms with van der Waals surface area (Å²) in [5.41, 5.74) is -0.369. The fraction of sp³-hybridized carbons (Fsp3) is 0.778. The molecule has 0 heterocycles. The van der Waals surface area contributed by atoms with E-state index in [2.05, 4.69) is 27.7 Å². The Balaban J connectivity index is -0.000000592. The van der Waals surface area contributed by atoms with Gasteiger partial charge in [-0.15, -0.1) is 0 Å². The molecule has 0 aliphatic rings. The average molecular weight is 744 g/mol. The van der Waals surface area contributed by atoms with Crippen LogP contribution in [0.25, 0.3) is 0 Å². The number of carbonyl (C=O) groups is 4. The molecule has 0 saturated carbocycles. The third-order valence-corrected chi connectivity index (χ3v) is 13.1. The molecular formula is C36H64O8Sn. The van der Waals surface area contributed by atoms with Crippen molar-refractivity contribution in [3.8, 4) is 0 Å². The van der Waals surface area contributed by atoms with Gasteiger partial charge < -0.3 is 39.6 Å². The monoisotopic (exact) mass is 744 g/mol. The number of hydrogen-bond acceptors (Lipinski definition) is 8. The number of carboxylic acids is 4. The van der Waals surface area contributed by atoms with Crippen molar-refractivity contribution in [2.45, 2.75) is 178 Å². The normalized spacial score (nSPS) is 11.2. The number of aliphatic carboxylic acids is 4. The summed E-state index contributed by atoms with van der Waals surface area (Å²) in [5, 5.41) is 41.5. The van der Waals surface area contributed by atoms with Gasteiger partial charge in [0.2, 0.25) is 0 Å². The first kappa shape index (κ1) is 47.6. The van der Waals surface area contributed by atoms with Crippen molar-refractivity contribution in [3.63, 3.8) is 0 Å². The summed E-state index contributed by atoms with van der Waals surface area (Å²) in [6.45, 7) is 8.84. The molecule has 9 heteroatoms. The standard InChI is InChI=1S/2C12H20O4.2C6H13.Sn.2H/c2*1-2-3-4-5-6-7-8-10(12(15)16)9-11(13)14;2*1-3-5-6-4-2;;;/h2*9H,2-8H2,1H3,(H,13,14)(H,15,16);2*1,3-6H2,2H3;;;/q;;;;+4;;/p-4/b2*10-9-;;;;;. The Morgan fingerprint density at radius 2 is 0.689 bits per heavy atom. The minimum atomic E-state index is -1.48. The fourth-order valence-corrected chi connectivity index (χ4v) is 9.73. The van der Waals surface area contributed by atoms with Crippen LogP contribution in [0.1, 0.15) is 169 Å². The van der Waals surface area contributed by atoms with E-state index in [-0.39, 0.29) is 45.1 Å². The molecule has 0 aromatic rings. The van der Waals surface area contributed by atoms with Crippen molar-refractivity contribution in [1.29, 1.82) is 0 Å². The second kappa shape index (κ2) is 38.3. The summed E-state index contributed by atoms with van der Waals surface area (Å²) in [7, 11) is 0. The topological polar surface area (TPSA) is 161 Å². The van der Waals surface area contributed by atoms with Crippen molar-refractivity contribution >= 4 is 45.0 Å². The maximum absolute atomic E-state index is 10.5. The number of carboxylic acid groups (broad SMARTS) is 4. The van der Waals surface area contributed by atoms with Gasteiger partial charge in [-0.1, -0.05) is 78.1 Å². The summed E-state index contributed by atoms with van der Waals surface area (Å²) >= 11 is -0.220. The number of unbranched alkanes of at least 4 members (excludes halogenated alkanes) is 16. The van der Waals surface area contributed by atoms with Gasteiger partial charge >= 0.3 is 95.2 Å². The molecular weight excluding hydrogens is 679 g/mol. The van der Waals surface area contributed by atoms with E-state index in [4.69, 9.17) is 0 Å². The van der Waals surface area contributed by atoms with E-state index in [0.717, 1.165) is 51.4 Å². The van der Waals surface area contributed by atoms with E-state index in [1.807, 2.05) is 0 Å². The van der Waals surface area contributed by atoms with Gasteiger partial charge in [-0.3, -0.25) is 0 Å². The van der Waals surface area contributed by atoms with Crippen molar-refractivity contribution in [1.82, 2.24) is 0 Å². The van der Waals surface area contributed by atoms with Crippen LogP contribution in [0.3, 0.4) is 0 Å². The van der Waals surface area contributed by atoms with E-state index in [0.29, 0.717) is 25.0 Å². The van der Waals surface area contributed by atoms with Gasteiger partial charge in [0.05, 0.1) is 23.9 Å². The van der Waals surface area contributed by atoms with Crippen LogP contribution in [-0.2, 0) is 19.2 Å². The van der Waals surface area contributed by atoms with Crippen molar-refractivity contribution in [2.24, 2.45) is 0 Å². The Hall–Kier alpha value is -1.84. The molecule has 0 N–H and O–H groups in total. The zero-order valence-corrected chi connectivity index (χ0v) is 33.1. The molecule has 0 spiro atoms. The van der Waals surface area contributed by atoms with Crippen LogP contribution in [0.5, 0.6) is 0 Å². The zero-order valence-electron chi connectivity index (χ0n) is 29.1. The zero-order chi connectivity index (χ0) is 34.6. The summed E-state index contributed by atoms with van der Waals surface area (Å²) < 4.78 is 3.38. The molecule has 260 valence electrons.